The maximum absolute atomic E-state index is 12.8. The van der Waals surface area contributed by atoms with Gasteiger partial charge in [-0.1, -0.05) is 0 Å². The van der Waals surface area contributed by atoms with E-state index in [-0.39, 0.29) is 23.0 Å². The molecule has 1 aliphatic carbocycles. The van der Waals surface area contributed by atoms with Gasteiger partial charge in [-0.2, -0.15) is 13.2 Å². The Bertz CT molecular complexity index is 760. The van der Waals surface area contributed by atoms with Gasteiger partial charge in [0.15, 0.2) is 11.6 Å². The van der Waals surface area contributed by atoms with E-state index in [9.17, 15) is 23.4 Å². The Kier molecular flexibility index (Phi) is 4.06. The summed E-state index contributed by atoms with van der Waals surface area (Å²) in [7, 11) is 0. The summed E-state index contributed by atoms with van der Waals surface area (Å²) >= 11 is 0. The van der Waals surface area contributed by atoms with Gasteiger partial charge in [-0.25, -0.2) is 4.98 Å². The molecule has 9 heteroatoms. The topological polar surface area (TPSA) is 91.2 Å². The van der Waals surface area contributed by atoms with Gasteiger partial charge in [0.1, 0.15) is 5.75 Å². The molecule has 25 heavy (non-hydrogen) atoms. The highest BCUT2D eigenvalue weighted by atomic mass is 19.4. The van der Waals surface area contributed by atoms with Crippen molar-refractivity contribution in [2.75, 3.05) is 5.32 Å². The number of phenols is 1. The number of benzene rings is 1. The molecule has 0 amide bonds. The van der Waals surface area contributed by atoms with E-state index in [0.717, 1.165) is 6.07 Å². The van der Waals surface area contributed by atoms with E-state index in [2.05, 4.69) is 20.5 Å². The normalized spacial score (nSPS) is 23.2. The van der Waals surface area contributed by atoms with Crippen LogP contribution in [0.5, 0.6) is 5.75 Å². The Morgan fingerprint density at radius 2 is 1.92 bits per heavy atom. The molecule has 1 heterocycles. The summed E-state index contributed by atoms with van der Waals surface area (Å²) in [6, 6.07) is 1.65. The van der Waals surface area contributed by atoms with Crippen molar-refractivity contribution in [1.29, 1.82) is 0 Å². The Balaban J connectivity index is 1.81. The summed E-state index contributed by atoms with van der Waals surface area (Å²) in [5.74, 6) is -0.118. The van der Waals surface area contributed by atoms with E-state index in [1.807, 2.05) is 0 Å². The summed E-state index contributed by atoms with van der Waals surface area (Å²) in [5.41, 5.74) is -1.31. The summed E-state index contributed by atoms with van der Waals surface area (Å²) < 4.78 is 38.3. The second kappa shape index (κ2) is 5.83. The number of halogens is 3. The van der Waals surface area contributed by atoms with Crippen LogP contribution in [0.4, 0.5) is 19.0 Å². The first kappa shape index (κ1) is 17.4. The number of phenolic OH excluding ortho intramolecular Hbond substituents is 1. The number of nitrogens with one attached hydrogen (secondary N) is 1. The SMILES string of the molecule is Cc1cc(C(F)(F)F)cc(O)c1-c1ncc(N[C@H]2C[C@@](C)(O)C2)nn1. The maximum atomic E-state index is 12.8. The third-order valence-electron chi connectivity index (χ3n) is 4.15. The molecule has 2 aromatic rings. The van der Waals surface area contributed by atoms with E-state index >= 15 is 0 Å². The summed E-state index contributed by atoms with van der Waals surface area (Å²) in [6.07, 6.45) is -1.99. The van der Waals surface area contributed by atoms with Crippen LogP contribution in [0.2, 0.25) is 0 Å². The number of rotatable bonds is 3. The molecule has 134 valence electrons. The number of aryl methyl sites for hydroxylation is 1. The molecule has 0 unspecified atom stereocenters. The molecule has 3 N–H and O–H groups in total. The van der Waals surface area contributed by atoms with Crippen LogP contribution >= 0.6 is 0 Å². The molecule has 1 aromatic heterocycles. The number of hydrogen-bond donors (Lipinski definition) is 3. The van der Waals surface area contributed by atoms with Crippen LogP contribution in [-0.4, -0.2) is 37.0 Å². The van der Waals surface area contributed by atoms with Crippen LogP contribution in [0, 0.1) is 6.92 Å². The minimum atomic E-state index is -4.54. The van der Waals surface area contributed by atoms with E-state index < -0.39 is 23.1 Å². The first-order chi connectivity index (χ1) is 11.5. The Labute approximate surface area is 141 Å². The average Bonchev–Trinajstić information content (AvgIpc) is 2.45. The van der Waals surface area contributed by atoms with Gasteiger partial charge in [0.25, 0.3) is 0 Å². The fourth-order valence-corrected chi connectivity index (χ4v) is 2.99. The van der Waals surface area contributed by atoms with E-state index in [0.29, 0.717) is 24.7 Å². The average molecular weight is 354 g/mol. The zero-order chi connectivity index (χ0) is 18.4. The summed E-state index contributed by atoms with van der Waals surface area (Å²) in [4.78, 5) is 4.07. The van der Waals surface area contributed by atoms with Crippen molar-refractivity contribution < 1.29 is 23.4 Å². The molecule has 1 aromatic carbocycles. The number of aromatic hydroxyl groups is 1. The highest BCUT2D eigenvalue weighted by Gasteiger charge is 2.38. The van der Waals surface area contributed by atoms with Crippen LogP contribution in [0.3, 0.4) is 0 Å². The molecule has 0 radical (unpaired) electrons. The highest BCUT2D eigenvalue weighted by molar-refractivity contribution is 5.68. The lowest BCUT2D eigenvalue weighted by Crippen LogP contribution is -2.48. The molecule has 1 aliphatic rings. The predicted molar refractivity (Wildman–Crippen MR) is 83.9 cm³/mol. The zero-order valence-corrected chi connectivity index (χ0v) is 13.6. The molecule has 0 spiro atoms. The van der Waals surface area contributed by atoms with Gasteiger partial charge >= 0.3 is 6.18 Å². The molecule has 0 saturated heterocycles. The zero-order valence-electron chi connectivity index (χ0n) is 13.6. The van der Waals surface area contributed by atoms with Crippen molar-refractivity contribution in [3.63, 3.8) is 0 Å². The van der Waals surface area contributed by atoms with Crippen LogP contribution in [0.25, 0.3) is 11.4 Å². The number of hydrogen-bond acceptors (Lipinski definition) is 6. The van der Waals surface area contributed by atoms with Crippen molar-refractivity contribution in [2.24, 2.45) is 0 Å². The lowest BCUT2D eigenvalue weighted by Gasteiger charge is -2.41. The second-order valence-electron chi connectivity index (χ2n) is 6.60. The second-order valence-corrected chi connectivity index (χ2v) is 6.60. The summed E-state index contributed by atoms with van der Waals surface area (Å²) in [5, 5.41) is 30.5. The van der Waals surface area contributed by atoms with Crippen molar-refractivity contribution in [1.82, 2.24) is 15.2 Å². The smallest absolute Gasteiger partial charge is 0.416 e. The Morgan fingerprint density at radius 3 is 2.40 bits per heavy atom. The lowest BCUT2D eigenvalue weighted by atomic mass is 9.77. The standard InChI is InChI=1S/C16H17F3N4O2/c1-8-3-9(16(17,18)19)4-11(24)13(8)14-20-7-12(22-23-14)21-10-5-15(2,25)6-10/h3-4,7,10,24-25H,5-6H2,1-2H3,(H,21,22)/t10-,15+. The van der Waals surface area contributed by atoms with Gasteiger partial charge in [-0.3, -0.25) is 0 Å². The largest absolute Gasteiger partial charge is 0.507 e. The van der Waals surface area contributed by atoms with Crippen molar-refractivity contribution in [3.05, 3.63) is 29.5 Å². The van der Waals surface area contributed by atoms with Gasteiger partial charge in [0, 0.05) is 6.04 Å². The molecule has 1 fully saturated rings. The third-order valence-corrected chi connectivity index (χ3v) is 4.15. The fourth-order valence-electron chi connectivity index (χ4n) is 2.99. The number of anilines is 1. The molecular weight excluding hydrogens is 337 g/mol. The quantitative estimate of drug-likeness (QED) is 0.785. The lowest BCUT2D eigenvalue weighted by molar-refractivity contribution is -0.137. The van der Waals surface area contributed by atoms with Crippen molar-refractivity contribution in [2.45, 2.75) is 44.5 Å². The van der Waals surface area contributed by atoms with Crippen molar-refractivity contribution >= 4 is 5.82 Å². The molecule has 0 bridgehead atoms. The monoisotopic (exact) mass is 354 g/mol. The number of alkyl halides is 3. The molecule has 1 saturated carbocycles. The number of nitrogens with zero attached hydrogens (tertiary/aromatic N) is 3. The van der Waals surface area contributed by atoms with Crippen LogP contribution in [-0.2, 0) is 6.18 Å². The van der Waals surface area contributed by atoms with Crippen LogP contribution < -0.4 is 5.32 Å². The predicted octanol–water partition coefficient (Wildman–Crippen LogP) is 2.90. The van der Waals surface area contributed by atoms with Crippen molar-refractivity contribution in [3.8, 4) is 17.1 Å². The Hall–Kier alpha value is -2.42. The Morgan fingerprint density at radius 1 is 1.24 bits per heavy atom. The molecular formula is C16H17F3N4O2. The van der Waals surface area contributed by atoms with Gasteiger partial charge in [0.05, 0.1) is 22.9 Å². The number of aromatic nitrogens is 3. The van der Waals surface area contributed by atoms with Crippen LogP contribution in [0.1, 0.15) is 30.9 Å². The molecule has 6 nitrogen and oxygen atoms in total. The first-order valence-corrected chi connectivity index (χ1v) is 7.65. The van der Waals surface area contributed by atoms with E-state index in [4.69, 9.17) is 0 Å². The van der Waals surface area contributed by atoms with E-state index in [1.165, 1.54) is 13.1 Å². The highest BCUT2D eigenvalue weighted by Crippen LogP contribution is 2.38. The molecule has 0 aliphatic heterocycles. The van der Waals surface area contributed by atoms with Gasteiger partial charge in [-0.15, -0.1) is 10.2 Å². The summed E-state index contributed by atoms with van der Waals surface area (Å²) in [6.45, 7) is 3.19. The molecule has 3 rings (SSSR count). The van der Waals surface area contributed by atoms with E-state index in [1.54, 1.807) is 6.92 Å². The number of aliphatic hydroxyl groups is 1. The van der Waals surface area contributed by atoms with Crippen LogP contribution in [0.15, 0.2) is 18.3 Å². The first-order valence-electron chi connectivity index (χ1n) is 7.65. The van der Waals surface area contributed by atoms with Gasteiger partial charge in [-0.05, 0) is 44.4 Å². The van der Waals surface area contributed by atoms with Gasteiger partial charge in [0.2, 0.25) is 0 Å². The molecule has 0 atom stereocenters. The third kappa shape index (κ3) is 3.65. The minimum absolute atomic E-state index is 0.0369. The minimum Gasteiger partial charge on any atom is -0.507 e. The van der Waals surface area contributed by atoms with Gasteiger partial charge < -0.3 is 15.5 Å². The maximum Gasteiger partial charge on any atom is 0.416 e. The fraction of sp³-hybridized carbons (Fsp3) is 0.438.